The van der Waals surface area contributed by atoms with Gasteiger partial charge in [0.15, 0.2) is 0 Å². The summed E-state index contributed by atoms with van der Waals surface area (Å²) < 4.78 is 0. The zero-order valence-corrected chi connectivity index (χ0v) is 12.7. The Morgan fingerprint density at radius 2 is 2.05 bits per heavy atom. The molecule has 0 bridgehead atoms. The molecule has 0 heterocycles. The van der Waals surface area contributed by atoms with Crippen LogP contribution in [0.4, 0.5) is 5.69 Å². The molecule has 2 unspecified atom stereocenters. The average Bonchev–Trinajstić information content (AvgIpc) is 2.26. The summed E-state index contributed by atoms with van der Waals surface area (Å²) >= 11 is 0. The first-order chi connectivity index (χ1) is 8.84. The summed E-state index contributed by atoms with van der Waals surface area (Å²) in [6.45, 7) is 9.22. The topological polar surface area (TPSA) is 32.3 Å². The molecule has 0 saturated heterocycles. The van der Waals surface area contributed by atoms with Gasteiger partial charge in [0.05, 0.1) is 12.1 Å². The maximum Gasteiger partial charge on any atom is 0.0661 e. The summed E-state index contributed by atoms with van der Waals surface area (Å²) in [5, 5.41) is 13.6. The van der Waals surface area contributed by atoms with E-state index in [1.807, 2.05) is 0 Å². The number of rotatable bonds is 3. The van der Waals surface area contributed by atoms with E-state index in [1.54, 1.807) is 0 Å². The number of aliphatic hydroxyl groups is 1. The molecule has 2 atom stereocenters. The van der Waals surface area contributed by atoms with Crippen LogP contribution in [0, 0.1) is 18.3 Å². The second-order valence-electron chi connectivity index (χ2n) is 7.29. The lowest BCUT2D eigenvalue weighted by Crippen LogP contribution is -2.50. The minimum absolute atomic E-state index is 0.172. The first kappa shape index (κ1) is 14.4. The molecule has 1 fully saturated rings. The molecule has 106 valence electrons. The van der Waals surface area contributed by atoms with Gasteiger partial charge in [0.1, 0.15) is 0 Å². The van der Waals surface area contributed by atoms with Crippen molar-refractivity contribution in [1.82, 2.24) is 0 Å². The second-order valence-corrected chi connectivity index (χ2v) is 7.29. The third kappa shape index (κ3) is 3.50. The fourth-order valence-electron chi connectivity index (χ4n) is 4.03. The Bertz CT molecular complexity index is 441. The molecule has 2 heteroatoms. The molecule has 0 aromatic heterocycles. The highest BCUT2D eigenvalue weighted by molar-refractivity contribution is 5.48. The van der Waals surface area contributed by atoms with E-state index >= 15 is 0 Å². The van der Waals surface area contributed by atoms with Gasteiger partial charge in [0.25, 0.3) is 0 Å². The van der Waals surface area contributed by atoms with Crippen molar-refractivity contribution in [3.05, 3.63) is 29.8 Å². The van der Waals surface area contributed by atoms with Gasteiger partial charge in [-0.15, -0.1) is 0 Å². The van der Waals surface area contributed by atoms with Crippen LogP contribution in [0.5, 0.6) is 0 Å². The highest BCUT2D eigenvalue weighted by Gasteiger charge is 2.42. The van der Waals surface area contributed by atoms with E-state index in [4.69, 9.17) is 0 Å². The zero-order valence-electron chi connectivity index (χ0n) is 12.7. The number of benzene rings is 1. The molecule has 2 N–H and O–H groups in total. The Labute approximate surface area is 117 Å². The van der Waals surface area contributed by atoms with Crippen molar-refractivity contribution < 1.29 is 5.11 Å². The Morgan fingerprint density at radius 3 is 2.63 bits per heavy atom. The lowest BCUT2D eigenvalue weighted by molar-refractivity contribution is 0.0750. The van der Waals surface area contributed by atoms with Gasteiger partial charge >= 0.3 is 0 Å². The smallest absolute Gasteiger partial charge is 0.0661 e. The lowest BCUT2D eigenvalue weighted by atomic mass is 9.64. The van der Waals surface area contributed by atoms with E-state index < -0.39 is 0 Å². The van der Waals surface area contributed by atoms with Crippen molar-refractivity contribution in [2.24, 2.45) is 11.3 Å². The van der Waals surface area contributed by atoms with Gasteiger partial charge in [0.2, 0.25) is 0 Å². The first-order valence-electron chi connectivity index (χ1n) is 7.30. The van der Waals surface area contributed by atoms with E-state index in [0.717, 1.165) is 18.5 Å². The molecule has 0 amide bonds. The largest absolute Gasteiger partial charge is 0.394 e. The van der Waals surface area contributed by atoms with Crippen molar-refractivity contribution in [1.29, 1.82) is 0 Å². The van der Waals surface area contributed by atoms with Crippen LogP contribution in [-0.4, -0.2) is 17.3 Å². The monoisotopic (exact) mass is 261 g/mol. The Morgan fingerprint density at radius 1 is 1.32 bits per heavy atom. The van der Waals surface area contributed by atoms with Crippen LogP contribution in [0.15, 0.2) is 24.3 Å². The van der Waals surface area contributed by atoms with Crippen LogP contribution in [0.1, 0.15) is 45.6 Å². The van der Waals surface area contributed by atoms with E-state index in [1.165, 1.54) is 12.0 Å². The van der Waals surface area contributed by atoms with Crippen molar-refractivity contribution in [2.75, 3.05) is 11.9 Å². The van der Waals surface area contributed by atoms with Gasteiger partial charge < -0.3 is 10.4 Å². The Hall–Kier alpha value is -1.02. The van der Waals surface area contributed by atoms with Gasteiger partial charge in [-0.2, -0.15) is 0 Å². The predicted octanol–water partition coefficient (Wildman–Crippen LogP) is 3.98. The molecule has 1 aromatic carbocycles. The number of hydrogen-bond donors (Lipinski definition) is 2. The van der Waals surface area contributed by atoms with Crippen molar-refractivity contribution >= 4 is 5.69 Å². The van der Waals surface area contributed by atoms with Gasteiger partial charge in [-0.1, -0.05) is 32.9 Å². The summed E-state index contributed by atoms with van der Waals surface area (Å²) in [5.74, 6) is 0.646. The van der Waals surface area contributed by atoms with Crippen molar-refractivity contribution in [3.63, 3.8) is 0 Å². The number of anilines is 1. The quantitative estimate of drug-likeness (QED) is 0.862. The third-order valence-electron chi connectivity index (χ3n) is 4.19. The Kier molecular flexibility index (Phi) is 3.91. The molecule has 19 heavy (non-hydrogen) atoms. The molecular formula is C17H27NO. The summed E-state index contributed by atoms with van der Waals surface area (Å²) in [6.07, 6.45) is 3.31. The molecular weight excluding hydrogens is 234 g/mol. The first-order valence-corrected chi connectivity index (χ1v) is 7.30. The fourth-order valence-corrected chi connectivity index (χ4v) is 4.03. The standard InChI is InChI=1S/C17H27NO/c1-13-6-5-7-15(8-13)18-17(12-19)10-14(2)9-16(3,4)11-17/h5-8,14,18-19H,9-12H2,1-4H3. The fraction of sp³-hybridized carbons (Fsp3) is 0.647. The highest BCUT2D eigenvalue weighted by Crippen LogP contribution is 2.45. The molecule has 1 saturated carbocycles. The second kappa shape index (κ2) is 5.16. The van der Waals surface area contributed by atoms with E-state index in [-0.39, 0.29) is 17.6 Å². The van der Waals surface area contributed by atoms with Crippen molar-refractivity contribution in [3.8, 4) is 0 Å². The summed E-state index contributed by atoms with van der Waals surface area (Å²) in [4.78, 5) is 0. The molecule has 1 aromatic rings. The summed E-state index contributed by atoms with van der Waals surface area (Å²) in [7, 11) is 0. The van der Waals surface area contributed by atoms with Crippen LogP contribution in [-0.2, 0) is 0 Å². The molecule has 0 radical (unpaired) electrons. The molecule has 2 nitrogen and oxygen atoms in total. The third-order valence-corrected chi connectivity index (χ3v) is 4.19. The van der Waals surface area contributed by atoms with Gasteiger partial charge in [-0.05, 0) is 55.2 Å². The zero-order chi connectivity index (χ0) is 14.1. The number of nitrogens with one attached hydrogen (secondary N) is 1. The lowest BCUT2D eigenvalue weighted by Gasteiger charge is -2.47. The maximum atomic E-state index is 9.96. The SMILES string of the molecule is Cc1cccc(NC2(CO)CC(C)CC(C)(C)C2)c1. The number of hydrogen-bond acceptors (Lipinski definition) is 2. The van der Waals surface area contributed by atoms with Gasteiger partial charge in [-0.3, -0.25) is 0 Å². The molecule has 0 aliphatic heterocycles. The minimum Gasteiger partial charge on any atom is -0.394 e. The van der Waals surface area contributed by atoms with Crippen molar-refractivity contribution in [2.45, 2.75) is 52.5 Å². The number of aliphatic hydroxyl groups excluding tert-OH is 1. The van der Waals surface area contributed by atoms with E-state index in [2.05, 4.69) is 57.3 Å². The molecule has 1 aliphatic rings. The van der Waals surface area contributed by atoms with Crippen LogP contribution in [0.3, 0.4) is 0 Å². The highest BCUT2D eigenvalue weighted by atomic mass is 16.3. The number of aryl methyl sites for hydroxylation is 1. The van der Waals surface area contributed by atoms with Crippen LogP contribution < -0.4 is 5.32 Å². The minimum atomic E-state index is -0.172. The van der Waals surface area contributed by atoms with Gasteiger partial charge in [0, 0.05) is 5.69 Å². The predicted molar refractivity (Wildman–Crippen MR) is 81.4 cm³/mol. The van der Waals surface area contributed by atoms with Gasteiger partial charge in [-0.25, -0.2) is 0 Å². The normalized spacial score (nSPS) is 30.1. The molecule has 1 aliphatic carbocycles. The molecule has 2 rings (SSSR count). The summed E-state index contributed by atoms with van der Waals surface area (Å²) in [5.41, 5.74) is 2.49. The Balaban J connectivity index is 2.22. The van der Waals surface area contributed by atoms with Crippen LogP contribution in [0.2, 0.25) is 0 Å². The maximum absolute atomic E-state index is 9.96. The average molecular weight is 261 g/mol. The molecule has 0 spiro atoms. The summed E-state index contributed by atoms with van der Waals surface area (Å²) in [6, 6.07) is 8.42. The van der Waals surface area contributed by atoms with E-state index in [0.29, 0.717) is 5.92 Å². The van der Waals surface area contributed by atoms with Crippen LogP contribution in [0.25, 0.3) is 0 Å². The van der Waals surface area contributed by atoms with E-state index in [9.17, 15) is 5.11 Å². The van der Waals surface area contributed by atoms with Crippen LogP contribution >= 0.6 is 0 Å².